The van der Waals surface area contributed by atoms with E-state index in [1.165, 1.54) is 0 Å². The van der Waals surface area contributed by atoms with E-state index in [4.69, 9.17) is 4.74 Å². The second kappa shape index (κ2) is 3.55. The second-order valence-corrected chi connectivity index (χ2v) is 3.97. The van der Waals surface area contributed by atoms with Crippen LogP contribution in [-0.2, 0) is 4.74 Å². The smallest absolute Gasteiger partial charge is 0.345 e. The van der Waals surface area contributed by atoms with Crippen molar-refractivity contribution in [3.05, 3.63) is 47.5 Å². The number of halogens is 1. The van der Waals surface area contributed by atoms with Crippen LogP contribution >= 0.6 is 22.9 Å². The summed E-state index contributed by atoms with van der Waals surface area (Å²) in [4.78, 5) is 11.7. The van der Waals surface area contributed by atoms with Crippen molar-refractivity contribution in [1.82, 2.24) is 0 Å². The average Bonchev–Trinajstić information content (AvgIpc) is 2.33. The Morgan fingerprint density at radius 3 is 2.44 bits per heavy atom. The molecule has 2 aromatic carbocycles. The standard InChI is InChI=1S/C12H6INO2/c13-14-11-8-5-1-3-7-4-2-6-9(10(7)8)12(15)16-11/h1-6H/b14-11-. The normalized spacial score (nSPS) is 16.6. The van der Waals surface area contributed by atoms with Gasteiger partial charge in [0.25, 0.3) is 0 Å². The van der Waals surface area contributed by atoms with Crippen LogP contribution in [0.25, 0.3) is 10.8 Å². The Morgan fingerprint density at radius 2 is 1.75 bits per heavy atom. The van der Waals surface area contributed by atoms with Crippen molar-refractivity contribution in [2.75, 3.05) is 0 Å². The SMILES string of the molecule is O=C1O/C(=N\I)c2cccc3cccc1c23. The van der Waals surface area contributed by atoms with Gasteiger partial charge < -0.3 is 4.74 Å². The molecule has 0 aromatic heterocycles. The van der Waals surface area contributed by atoms with E-state index >= 15 is 0 Å². The second-order valence-electron chi connectivity index (χ2n) is 3.49. The molecule has 0 spiro atoms. The largest absolute Gasteiger partial charge is 0.403 e. The third-order valence-corrected chi connectivity index (χ3v) is 3.06. The number of cyclic esters (lactones) is 1. The number of nitrogens with zero attached hydrogens (tertiary/aromatic N) is 1. The van der Waals surface area contributed by atoms with Gasteiger partial charge in [0.15, 0.2) is 0 Å². The first-order chi connectivity index (χ1) is 7.81. The first-order valence-electron chi connectivity index (χ1n) is 4.74. The molecule has 0 radical (unpaired) electrons. The minimum atomic E-state index is -0.334. The van der Waals surface area contributed by atoms with Crippen molar-refractivity contribution < 1.29 is 9.53 Å². The van der Waals surface area contributed by atoms with Gasteiger partial charge >= 0.3 is 5.97 Å². The minimum Gasteiger partial charge on any atom is -0.403 e. The summed E-state index contributed by atoms with van der Waals surface area (Å²) >= 11 is 1.84. The topological polar surface area (TPSA) is 38.7 Å². The predicted octanol–water partition coefficient (Wildman–Crippen LogP) is 3.11. The van der Waals surface area contributed by atoms with Crippen LogP contribution in [0, 0.1) is 0 Å². The number of esters is 1. The highest BCUT2D eigenvalue weighted by atomic mass is 127. The van der Waals surface area contributed by atoms with Crippen molar-refractivity contribution in [2.24, 2.45) is 3.21 Å². The van der Waals surface area contributed by atoms with Gasteiger partial charge in [-0.25, -0.2) is 4.79 Å². The zero-order valence-electron chi connectivity index (χ0n) is 8.11. The Kier molecular flexibility index (Phi) is 2.17. The van der Waals surface area contributed by atoms with Gasteiger partial charge in [-0.1, -0.05) is 24.3 Å². The van der Waals surface area contributed by atoms with E-state index in [0.29, 0.717) is 11.5 Å². The average molecular weight is 323 g/mol. The first-order valence-corrected chi connectivity index (χ1v) is 5.71. The molecule has 3 nitrogen and oxygen atoms in total. The highest BCUT2D eigenvalue weighted by molar-refractivity contribution is 14.1. The zero-order chi connectivity index (χ0) is 11.1. The molecule has 3 rings (SSSR count). The van der Waals surface area contributed by atoms with Gasteiger partial charge in [-0.3, -0.25) is 0 Å². The molecule has 2 aromatic rings. The molecule has 1 aliphatic heterocycles. The number of rotatable bonds is 0. The predicted molar refractivity (Wildman–Crippen MR) is 69.9 cm³/mol. The van der Waals surface area contributed by atoms with E-state index in [2.05, 4.69) is 3.21 Å². The lowest BCUT2D eigenvalue weighted by Crippen LogP contribution is -2.19. The Balaban J connectivity index is 2.52. The maximum atomic E-state index is 11.7. The summed E-state index contributed by atoms with van der Waals surface area (Å²) in [5.74, 6) is 0.0506. The lowest BCUT2D eigenvalue weighted by Gasteiger charge is -2.17. The van der Waals surface area contributed by atoms with E-state index in [1.54, 1.807) is 6.07 Å². The highest BCUT2D eigenvalue weighted by Crippen LogP contribution is 2.29. The number of hydrogen-bond donors (Lipinski definition) is 0. The molecule has 16 heavy (non-hydrogen) atoms. The lowest BCUT2D eigenvalue weighted by atomic mass is 9.97. The molecule has 0 amide bonds. The molecule has 0 unspecified atom stereocenters. The van der Waals surface area contributed by atoms with Crippen molar-refractivity contribution in [3.63, 3.8) is 0 Å². The van der Waals surface area contributed by atoms with E-state index in [9.17, 15) is 4.79 Å². The van der Waals surface area contributed by atoms with Crippen LogP contribution in [0.2, 0.25) is 0 Å². The van der Waals surface area contributed by atoms with E-state index < -0.39 is 0 Å². The Morgan fingerprint density at radius 1 is 1.06 bits per heavy atom. The molecule has 0 aliphatic carbocycles. The number of carbonyl (C=O) groups is 1. The quantitative estimate of drug-likeness (QED) is 0.552. The van der Waals surface area contributed by atoms with Crippen LogP contribution in [0.15, 0.2) is 39.6 Å². The molecule has 1 heterocycles. The fourth-order valence-corrected chi connectivity index (χ4v) is 2.31. The molecule has 0 saturated heterocycles. The number of hydrogen-bond acceptors (Lipinski definition) is 3. The van der Waals surface area contributed by atoms with Gasteiger partial charge in [-0.15, -0.1) is 0 Å². The maximum Gasteiger partial charge on any atom is 0.345 e. The van der Waals surface area contributed by atoms with Gasteiger partial charge in [0.2, 0.25) is 5.90 Å². The monoisotopic (exact) mass is 323 g/mol. The van der Waals surface area contributed by atoms with Crippen molar-refractivity contribution in [3.8, 4) is 0 Å². The van der Waals surface area contributed by atoms with Gasteiger partial charge in [0.05, 0.1) is 28.4 Å². The third-order valence-electron chi connectivity index (χ3n) is 2.62. The molecule has 0 saturated carbocycles. The van der Waals surface area contributed by atoms with Crippen LogP contribution in [0.3, 0.4) is 0 Å². The van der Waals surface area contributed by atoms with Gasteiger partial charge in [0, 0.05) is 10.9 Å². The number of ether oxygens (including phenoxy) is 1. The van der Waals surface area contributed by atoms with Crippen LogP contribution in [0.1, 0.15) is 15.9 Å². The molecular formula is C12H6INO2. The highest BCUT2D eigenvalue weighted by Gasteiger charge is 2.24. The first kappa shape index (κ1) is 9.77. The molecule has 0 N–H and O–H groups in total. The fourth-order valence-electron chi connectivity index (χ4n) is 1.95. The van der Waals surface area contributed by atoms with Gasteiger partial charge in [0.1, 0.15) is 0 Å². The van der Waals surface area contributed by atoms with Gasteiger partial charge in [-0.2, -0.15) is 3.21 Å². The maximum absolute atomic E-state index is 11.7. The van der Waals surface area contributed by atoms with Crippen LogP contribution < -0.4 is 0 Å². The van der Waals surface area contributed by atoms with E-state index in [-0.39, 0.29) is 5.97 Å². The molecular weight excluding hydrogens is 317 g/mol. The van der Waals surface area contributed by atoms with Crippen LogP contribution in [0.5, 0.6) is 0 Å². The molecule has 0 bridgehead atoms. The summed E-state index contributed by atoms with van der Waals surface area (Å²) in [6.07, 6.45) is 0. The molecule has 0 fully saturated rings. The van der Waals surface area contributed by atoms with Crippen LogP contribution in [-0.4, -0.2) is 11.9 Å². The van der Waals surface area contributed by atoms with Crippen molar-refractivity contribution in [1.29, 1.82) is 0 Å². The Labute approximate surface area is 106 Å². The summed E-state index contributed by atoms with van der Waals surface area (Å²) in [7, 11) is 0. The lowest BCUT2D eigenvalue weighted by molar-refractivity contribution is 0.0717. The molecule has 0 atom stereocenters. The Bertz CT molecular complexity index is 629. The third kappa shape index (κ3) is 1.26. The zero-order valence-corrected chi connectivity index (χ0v) is 10.3. The fraction of sp³-hybridized carbons (Fsp3) is 0. The summed E-state index contributed by atoms with van der Waals surface area (Å²) in [6.45, 7) is 0. The van der Waals surface area contributed by atoms with Crippen molar-refractivity contribution in [2.45, 2.75) is 0 Å². The number of benzene rings is 2. The van der Waals surface area contributed by atoms with Crippen LogP contribution in [0.4, 0.5) is 0 Å². The summed E-state index contributed by atoms with van der Waals surface area (Å²) in [5.41, 5.74) is 1.49. The summed E-state index contributed by atoms with van der Waals surface area (Å²) in [6, 6.07) is 11.4. The Hall–Kier alpha value is -1.43. The number of carbonyl (C=O) groups excluding carboxylic acids is 1. The van der Waals surface area contributed by atoms with E-state index in [0.717, 1.165) is 16.3 Å². The minimum absolute atomic E-state index is 0.334. The van der Waals surface area contributed by atoms with E-state index in [1.807, 2.05) is 53.2 Å². The van der Waals surface area contributed by atoms with Gasteiger partial charge in [-0.05, 0) is 17.5 Å². The summed E-state index contributed by atoms with van der Waals surface area (Å²) in [5, 5.41) is 1.96. The molecule has 1 aliphatic rings. The summed E-state index contributed by atoms with van der Waals surface area (Å²) < 4.78 is 9.12. The van der Waals surface area contributed by atoms with Crippen molar-refractivity contribution >= 4 is 45.5 Å². The molecule has 78 valence electrons. The molecule has 4 heteroatoms.